The molecule has 1 aliphatic rings. The van der Waals surface area contributed by atoms with Gasteiger partial charge in [-0.05, 0) is 36.9 Å². The molecule has 1 unspecified atom stereocenters. The van der Waals surface area contributed by atoms with Crippen molar-refractivity contribution in [2.24, 2.45) is 5.41 Å². The van der Waals surface area contributed by atoms with Gasteiger partial charge in [0.2, 0.25) is 5.91 Å². The molecule has 1 atom stereocenters. The van der Waals surface area contributed by atoms with Crippen LogP contribution in [0.1, 0.15) is 26.7 Å². The number of hydrogen-bond donors (Lipinski definition) is 2. The Kier molecular flexibility index (Phi) is 3.80. The van der Waals surface area contributed by atoms with Crippen LogP contribution in [0.2, 0.25) is 0 Å². The minimum atomic E-state index is -0.173. The quantitative estimate of drug-likeness (QED) is 0.858. The molecule has 1 fully saturated rings. The van der Waals surface area contributed by atoms with Crippen LogP contribution in [0.15, 0.2) is 24.3 Å². The first-order valence-electron chi connectivity index (χ1n) is 6.72. The monoisotopic (exact) mass is 262 g/mol. The van der Waals surface area contributed by atoms with Crippen molar-refractivity contribution < 1.29 is 9.90 Å². The predicted molar refractivity (Wildman–Crippen MR) is 76.3 cm³/mol. The zero-order valence-corrected chi connectivity index (χ0v) is 11.8. The summed E-state index contributed by atoms with van der Waals surface area (Å²) in [5.41, 5.74) is 0.675. The van der Waals surface area contributed by atoms with Crippen molar-refractivity contribution >= 4 is 11.6 Å². The maximum absolute atomic E-state index is 12.6. The minimum Gasteiger partial charge on any atom is -0.508 e. The Labute approximate surface area is 114 Å². The Morgan fingerprint density at radius 3 is 2.84 bits per heavy atom. The molecule has 2 rings (SSSR count). The predicted octanol–water partition coefficient (Wildman–Crippen LogP) is 2.13. The molecule has 0 aliphatic carbocycles. The number of carbonyl (C=O) groups is 1. The molecule has 104 valence electrons. The molecule has 0 bridgehead atoms. The van der Waals surface area contributed by atoms with Gasteiger partial charge >= 0.3 is 0 Å². The number of rotatable bonds is 2. The highest BCUT2D eigenvalue weighted by atomic mass is 16.3. The van der Waals surface area contributed by atoms with E-state index in [9.17, 15) is 9.90 Å². The fraction of sp³-hybridized carbons (Fsp3) is 0.533. The Bertz CT molecular complexity index is 471. The second-order valence-corrected chi connectivity index (χ2v) is 5.90. The number of nitrogens with one attached hydrogen (secondary N) is 1. The van der Waals surface area contributed by atoms with Crippen molar-refractivity contribution in [3.8, 4) is 5.75 Å². The molecule has 1 heterocycles. The Morgan fingerprint density at radius 1 is 1.47 bits per heavy atom. The summed E-state index contributed by atoms with van der Waals surface area (Å²) in [6.45, 7) is 5.13. The van der Waals surface area contributed by atoms with E-state index in [1.165, 1.54) is 0 Å². The van der Waals surface area contributed by atoms with Crippen LogP contribution in [-0.4, -0.2) is 30.6 Å². The highest BCUT2D eigenvalue weighted by molar-refractivity contribution is 5.97. The summed E-state index contributed by atoms with van der Waals surface area (Å²) in [7, 11) is 1.75. The summed E-state index contributed by atoms with van der Waals surface area (Å²) in [6.07, 6.45) is 2.15. The standard InChI is InChI=1S/C15H22N2O2/c1-15(2)8-5-9-16-13(15)14(19)17(3)11-6-4-7-12(18)10-11/h4,6-7,10,13,16,18H,5,8-9H2,1-3H3. The molecule has 1 aromatic rings. The van der Waals surface area contributed by atoms with Crippen LogP contribution in [0, 0.1) is 5.41 Å². The fourth-order valence-corrected chi connectivity index (χ4v) is 2.66. The largest absolute Gasteiger partial charge is 0.508 e. The summed E-state index contributed by atoms with van der Waals surface area (Å²) < 4.78 is 0. The number of aromatic hydroxyl groups is 1. The van der Waals surface area contributed by atoms with Gasteiger partial charge in [0.1, 0.15) is 5.75 Å². The van der Waals surface area contributed by atoms with Gasteiger partial charge in [0.05, 0.1) is 6.04 Å². The van der Waals surface area contributed by atoms with Crippen molar-refractivity contribution in [1.29, 1.82) is 0 Å². The first-order valence-corrected chi connectivity index (χ1v) is 6.72. The van der Waals surface area contributed by atoms with Crippen molar-refractivity contribution in [3.63, 3.8) is 0 Å². The molecule has 1 aromatic carbocycles. The van der Waals surface area contributed by atoms with Gasteiger partial charge in [0.25, 0.3) is 0 Å². The van der Waals surface area contributed by atoms with Gasteiger partial charge in [0.15, 0.2) is 0 Å². The zero-order chi connectivity index (χ0) is 14.0. The number of piperidine rings is 1. The molecule has 1 amide bonds. The van der Waals surface area contributed by atoms with Gasteiger partial charge in [0, 0.05) is 18.8 Å². The maximum atomic E-state index is 12.6. The molecule has 0 radical (unpaired) electrons. The average molecular weight is 262 g/mol. The number of nitrogens with zero attached hydrogens (tertiary/aromatic N) is 1. The molecule has 1 aliphatic heterocycles. The summed E-state index contributed by atoms with van der Waals surface area (Å²) >= 11 is 0. The van der Waals surface area contributed by atoms with Gasteiger partial charge in [-0.3, -0.25) is 4.79 Å². The highest BCUT2D eigenvalue weighted by Crippen LogP contribution is 2.32. The zero-order valence-electron chi connectivity index (χ0n) is 11.8. The summed E-state index contributed by atoms with van der Waals surface area (Å²) in [4.78, 5) is 14.2. The van der Waals surface area contributed by atoms with Gasteiger partial charge < -0.3 is 15.3 Å². The average Bonchev–Trinajstić information content (AvgIpc) is 2.36. The van der Waals surface area contributed by atoms with E-state index in [0.717, 1.165) is 19.4 Å². The SMILES string of the molecule is CN(C(=O)C1NCCCC1(C)C)c1cccc(O)c1. The lowest BCUT2D eigenvalue weighted by Gasteiger charge is -2.40. The minimum absolute atomic E-state index is 0.0413. The van der Waals surface area contributed by atoms with E-state index in [-0.39, 0.29) is 23.1 Å². The van der Waals surface area contributed by atoms with Gasteiger partial charge in [-0.15, -0.1) is 0 Å². The number of phenolic OH excluding ortho intramolecular Hbond substituents is 1. The number of amides is 1. The Hall–Kier alpha value is -1.55. The number of carbonyl (C=O) groups excluding carboxylic acids is 1. The number of phenols is 1. The van der Waals surface area contributed by atoms with Crippen LogP contribution < -0.4 is 10.2 Å². The van der Waals surface area contributed by atoms with E-state index in [1.807, 2.05) is 6.07 Å². The number of benzene rings is 1. The third kappa shape index (κ3) is 2.89. The van der Waals surface area contributed by atoms with Crippen LogP contribution in [0.4, 0.5) is 5.69 Å². The lowest BCUT2D eigenvalue weighted by molar-refractivity contribution is -0.123. The van der Waals surface area contributed by atoms with E-state index < -0.39 is 0 Å². The first kappa shape index (κ1) is 13.9. The molecular formula is C15H22N2O2. The smallest absolute Gasteiger partial charge is 0.244 e. The topological polar surface area (TPSA) is 52.6 Å². The van der Waals surface area contributed by atoms with E-state index in [1.54, 1.807) is 30.1 Å². The number of anilines is 1. The Balaban J connectivity index is 2.19. The van der Waals surface area contributed by atoms with Crippen LogP contribution >= 0.6 is 0 Å². The Morgan fingerprint density at radius 2 is 2.21 bits per heavy atom. The number of hydrogen-bond acceptors (Lipinski definition) is 3. The van der Waals surface area contributed by atoms with Crippen LogP contribution in [0.25, 0.3) is 0 Å². The lowest BCUT2D eigenvalue weighted by atomic mass is 9.77. The van der Waals surface area contributed by atoms with E-state index >= 15 is 0 Å². The van der Waals surface area contributed by atoms with Crippen LogP contribution in [0.3, 0.4) is 0 Å². The van der Waals surface area contributed by atoms with Crippen LogP contribution in [0.5, 0.6) is 5.75 Å². The van der Waals surface area contributed by atoms with Gasteiger partial charge in [-0.1, -0.05) is 19.9 Å². The molecule has 2 N–H and O–H groups in total. The van der Waals surface area contributed by atoms with Crippen molar-refractivity contribution in [2.45, 2.75) is 32.7 Å². The normalized spacial score (nSPS) is 21.9. The third-order valence-corrected chi connectivity index (χ3v) is 3.92. The molecule has 0 saturated carbocycles. The highest BCUT2D eigenvalue weighted by Gasteiger charge is 2.38. The van der Waals surface area contributed by atoms with Crippen molar-refractivity contribution in [1.82, 2.24) is 5.32 Å². The van der Waals surface area contributed by atoms with Gasteiger partial charge in [-0.2, -0.15) is 0 Å². The van der Waals surface area contributed by atoms with Crippen molar-refractivity contribution in [3.05, 3.63) is 24.3 Å². The molecule has 0 spiro atoms. The second kappa shape index (κ2) is 5.21. The molecule has 0 aromatic heterocycles. The molecular weight excluding hydrogens is 240 g/mol. The molecule has 1 saturated heterocycles. The third-order valence-electron chi connectivity index (χ3n) is 3.92. The van der Waals surface area contributed by atoms with E-state index in [4.69, 9.17) is 0 Å². The summed E-state index contributed by atoms with van der Waals surface area (Å²) in [5.74, 6) is 0.225. The summed E-state index contributed by atoms with van der Waals surface area (Å²) in [5, 5.41) is 12.8. The van der Waals surface area contributed by atoms with Gasteiger partial charge in [-0.25, -0.2) is 0 Å². The molecule has 4 heteroatoms. The lowest BCUT2D eigenvalue weighted by Crippen LogP contribution is -2.56. The van der Waals surface area contributed by atoms with E-state index in [0.29, 0.717) is 5.69 Å². The second-order valence-electron chi connectivity index (χ2n) is 5.90. The first-order chi connectivity index (χ1) is 8.92. The van der Waals surface area contributed by atoms with Crippen molar-refractivity contribution in [2.75, 3.05) is 18.5 Å². The number of likely N-dealkylation sites (N-methyl/N-ethyl adjacent to an activating group) is 1. The summed E-state index contributed by atoms with van der Waals surface area (Å²) in [6, 6.07) is 6.60. The molecule has 19 heavy (non-hydrogen) atoms. The van der Waals surface area contributed by atoms with E-state index in [2.05, 4.69) is 19.2 Å². The maximum Gasteiger partial charge on any atom is 0.244 e. The fourth-order valence-electron chi connectivity index (χ4n) is 2.66. The van der Waals surface area contributed by atoms with Crippen LogP contribution in [-0.2, 0) is 4.79 Å². The molecule has 4 nitrogen and oxygen atoms in total.